The van der Waals surface area contributed by atoms with Crippen LogP contribution in [0.5, 0.6) is 0 Å². The number of carbonyl (C=O) groups excluding carboxylic acids is 1. The smallest absolute Gasteiger partial charge is 0.273 e. The SMILES string of the molecule is CC(C)=CCN1CCC2(CCC(CNC(=O)c3cn[nH]n3)O2)CC1. The van der Waals surface area contributed by atoms with E-state index < -0.39 is 0 Å². The van der Waals surface area contributed by atoms with E-state index in [0.717, 1.165) is 45.3 Å². The second-order valence-corrected chi connectivity index (χ2v) is 7.11. The minimum atomic E-state index is -0.204. The Morgan fingerprint density at radius 3 is 2.92 bits per heavy atom. The zero-order valence-corrected chi connectivity index (χ0v) is 14.5. The van der Waals surface area contributed by atoms with Gasteiger partial charge in [0.15, 0.2) is 5.69 Å². The summed E-state index contributed by atoms with van der Waals surface area (Å²) in [7, 11) is 0. The number of carbonyl (C=O) groups is 1. The Balaban J connectivity index is 1.42. The van der Waals surface area contributed by atoms with Gasteiger partial charge in [-0.25, -0.2) is 0 Å². The molecule has 0 radical (unpaired) electrons. The van der Waals surface area contributed by atoms with Gasteiger partial charge in [-0.2, -0.15) is 15.4 Å². The summed E-state index contributed by atoms with van der Waals surface area (Å²) >= 11 is 0. The highest BCUT2D eigenvalue weighted by molar-refractivity contribution is 5.91. The van der Waals surface area contributed by atoms with Crippen molar-refractivity contribution in [2.75, 3.05) is 26.2 Å². The summed E-state index contributed by atoms with van der Waals surface area (Å²) < 4.78 is 6.33. The molecule has 1 amide bonds. The molecule has 1 spiro atoms. The third-order valence-electron chi connectivity index (χ3n) is 5.00. The molecule has 1 atom stereocenters. The van der Waals surface area contributed by atoms with E-state index in [1.807, 2.05) is 0 Å². The molecule has 24 heavy (non-hydrogen) atoms. The zero-order chi connectivity index (χ0) is 17.0. The fourth-order valence-electron chi connectivity index (χ4n) is 3.47. The van der Waals surface area contributed by atoms with Crippen molar-refractivity contribution in [3.8, 4) is 0 Å². The topological polar surface area (TPSA) is 83.1 Å². The van der Waals surface area contributed by atoms with Gasteiger partial charge < -0.3 is 10.1 Å². The van der Waals surface area contributed by atoms with Gasteiger partial charge in [0.25, 0.3) is 5.91 Å². The van der Waals surface area contributed by atoms with Crippen molar-refractivity contribution in [1.29, 1.82) is 0 Å². The summed E-state index contributed by atoms with van der Waals surface area (Å²) in [6.07, 6.45) is 8.07. The largest absolute Gasteiger partial charge is 0.370 e. The van der Waals surface area contributed by atoms with Crippen LogP contribution in [0.1, 0.15) is 50.0 Å². The van der Waals surface area contributed by atoms with Crippen LogP contribution >= 0.6 is 0 Å². The Kier molecular flexibility index (Phi) is 5.30. The highest BCUT2D eigenvalue weighted by Crippen LogP contribution is 2.38. The van der Waals surface area contributed by atoms with Crippen LogP contribution in [-0.4, -0.2) is 64.1 Å². The Labute approximate surface area is 142 Å². The van der Waals surface area contributed by atoms with E-state index in [-0.39, 0.29) is 17.6 Å². The number of piperidine rings is 1. The first-order valence-corrected chi connectivity index (χ1v) is 8.74. The summed E-state index contributed by atoms with van der Waals surface area (Å²) in [6, 6.07) is 0. The summed E-state index contributed by atoms with van der Waals surface area (Å²) in [6.45, 7) is 8.03. The molecular weight excluding hydrogens is 306 g/mol. The fraction of sp³-hybridized carbons (Fsp3) is 0.706. The van der Waals surface area contributed by atoms with Gasteiger partial charge in [0, 0.05) is 26.2 Å². The number of likely N-dealkylation sites (tertiary alicyclic amines) is 1. The van der Waals surface area contributed by atoms with E-state index in [9.17, 15) is 4.79 Å². The van der Waals surface area contributed by atoms with Crippen molar-refractivity contribution in [1.82, 2.24) is 25.6 Å². The third kappa shape index (κ3) is 4.21. The van der Waals surface area contributed by atoms with Crippen molar-refractivity contribution >= 4 is 5.91 Å². The molecule has 0 aliphatic carbocycles. The van der Waals surface area contributed by atoms with E-state index in [1.165, 1.54) is 11.8 Å². The van der Waals surface area contributed by atoms with Crippen LogP contribution in [0.2, 0.25) is 0 Å². The number of ether oxygens (including phenoxy) is 1. The van der Waals surface area contributed by atoms with Crippen molar-refractivity contribution in [2.24, 2.45) is 0 Å². The normalized spacial score (nSPS) is 23.3. The Morgan fingerprint density at radius 2 is 2.25 bits per heavy atom. The van der Waals surface area contributed by atoms with Crippen LogP contribution in [0, 0.1) is 0 Å². The molecule has 2 aliphatic heterocycles. The number of hydrogen-bond donors (Lipinski definition) is 2. The molecule has 0 saturated carbocycles. The number of hydrogen-bond acceptors (Lipinski definition) is 5. The van der Waals surface area contributed by atoms with Gasteiger partial charge in [-0.05, 0) is 39.5 Å². The van der Waals surface area contributed by atoms with E-state index in [2.05, 4.69) is 45.6 Å². The number of H-pyrrole nitrogens is 1. The highest BCUT2D eigenvalue weighted by Gasteiger charge is 2.42. The molecule has 1 unspecified atom stereocenters. The van der Waals surface area contributed by atoms with Crippen LogP contribution in [0.15, 0.2) is 17.8 Å². The molecule has 0 bridgehead atoms. The van der Waals surface area contributed by atoms with Crippen LogP contribution in [0.4, 0.5) is 0 Å². The van der Waals surface area contributed by atoms with Crippen molar-refractivity contribution < 1.29 is 9.53 Å². The quantitative estimate of drug-likeness (QED) is 0.798. The average Bonchev–Trinajstić information content (AvgIpc) is 3.23. The lowest BCUT2D eigenvalue weighted by Gasteiger charge is -2.39. The number of aromatic nitrogens is 3. The first kappa shape index (κ1) is 17.1. The molecule has 132 valence electrons. The average molecular weight is 333 g/mol. The van der Waals surface area contributed by atoms with Crippen LogP contribution in [0.3, 0.4) is 0 Å². The molecule has 7 heteroatoms. The number of allylic oxidation sites excluding steroid dienone is 1. The lowest BCUT2D eigenvalue weighted by atomic mass is 9.88. The molecule has 7 nitrogen and oxygen atoms in total. The van der Waals surface area contributed by atoms with Crippen molar-refractivity contribution in [3.63, 3.8) is 0 Å². The first-order valence-electron chi connectivity index (χ1n) is 8.74. The maximum atomic E-state index is 11.9. The minimum absolute atomic E-state index is 0.0186. The van der Waals surface area contributed by atoms with Crippen LogP contribution in [-0.2, 0) is 4.74 Å². The fourth-order valence-corrected chi connectivity index (χ4v) is 3.47. The van der Waals surface area contributed by atoms with Gasteiger partial charge in [-0.3, -0.25) is 9.69 Å². The van der Waals surface area contributed by atoms with E-state index in [4.69, 9.17) is 4.74 Å². The first-order chi connectivity index (χ1) is 11.6. The molecule has 1 aromatic rings. The monoisotopic (exact) mass is 333 g/mol. The highest BCUT2D eigenvalue weighted by atomic mass is 16.5. The lowest BCUT2D eigenvalue weighted by molar-refractivity contribution is -0.0741. The maximum Gasteiger partial charge on any atom is 0.273 e. The Morgan fingerprint density at radius 1 is 1.46 bits per heavy atom. The number of amides is 1. The molecule has 3 heterocycles. The third-order valence-corrected chi connectivity index (χ3v) is 5.00. The van der Waals surface area contributed by atoms with Crippen molar-refractivity contribution in [3.05, 3.63) is 23.5 Å². The van der Waals surface area contributed by atoms with Crippen LogP contribution < -0.4 is 5.32 Å². The molecule has 2 N–H and O–H groups in total. The summed E-state index contributed by atoms with van der Waals surface area (Å²) in [4.78, 5) is 14.4. The number of nitrogens with one attached hydrogen (secondary N) is 2. The van der Waals surface area contributed by atoms with Gasteiger partial charge in [-0.1, -0.05) is 11.6 Å². The number of rotatable bonds is 5. The minimum Gasteiger partial charge on any atom is -0.370 e. The van der Waals surface area contributed by atoms with Crippen molar-refractivity contribution in [2.45, 2.75) is 51.2 Å². The summed E-state index contributed by atoms with van der Waals surface area (Å²) in [5.74, 6) is -0.204. The lowest BCUT2D eigenvalue weighted by Crippen LogP contribution is -2.45. The van der Waals surface area contributed by atoms with Gasteiger partial charge in [0.05, 0.1) is 17.9 Å². The van der Waals surface area contributed by atoms with Gasteiger partial charge in [0.1, 0.15) is 0 Å². The predicted molar refractivity (Wildman–Crippen MR) is 90.7 cm³/mol. The van der Waals surface area contributed by atoms with Gasteiger partial charge in [0.2, 0.25) is 0 Å². The maximum absolute atomic E-state index is 11.9. The van der Waals surface area contributed by atoms with Crippen LogP contribution in [0.25, 0.3) is 0 Å². The Bertz CT molecular complexity index is 572. The molecule has 2 saturated heterocycles. The summed E-state index contributed by atoms with van der Waals surface area (Å²) in [5.41, 5.74) is 1.70. The van der Waals surface area contributed by atoms with Gasteiger partial charge >= 0.3 is 0 Å². The Hall–Kier alpha value is -1.73. The molecule has 0 aromatic carbocycles. The van der Waals surface area contributed by atoms with E-state index in [1.54, 1.807) is 0 Å². The predicted octanol–water partition coefficient (Wildman–Crippen LogP) is 1.51. The molecule has 3 rings (SSSR count). The van der Waals surface area contributed by atoms with E-state index >= 15 is 0 Å². The molecule has 1 aromatic heterocycles. The second-order valence-electron chi connectivity index (χ2n) is 7.11. The molecule has 2 fully saturated rings. The molecular formula is C17H27N5O2. The van der Waals surface area contributed by atoms with Gasteiger partial charge in [-0.15, -0.1) is 0 Å². The number of aromatic amines is 1. The summed E-state index contributed by atoms with van der Waals surface area (Å²) in [5, 5.41) is 12.8. The van der Waals surface area contributed by atoms with E-state index in [0.29, 0.717) is 12.2 Å². The molecule has 2 aliphatic rings. The standard InChI is InChI=1S/C17H27N5O2/c1-13(2)4-8-22-9-6-17(7-10-22)5-3-14(24-17)11-18-16(23)15-12-19-21-20-15/h4,12,14H,3,5-11H2,1-2H3,(H,18,23)(H,19,20,21). The second kappa shape index (κ2) is 7.44. The number of nitrogens with zero attached hydrogens (tertiary/aromatic N) is 3. The zero-order valence-electron chi connectivity index (χ0n) is 14.5.